The van der Waals surface area contributed by atoms with Crippen molar-refractivity contribution in [3.63, 3.8) is 0 Å². The van der Waals surface area contributed by atoms with E-state index in [0.717, 1.165) is 36.1 Å². The molecule has 0 atom stereocenters. The van der Waals surface area contributed by atoms with Crippen LogP contribution in [0.25, 0.3) is 0 Å². The zero-order chi connectivity index (χ0) is 14.6. The lowest BCUT2D eigenvalue weighted by atomic mass is 10.1. The van der Waals surface area contributed by atoms with Gasteiger partial charge in [-0.3, -0.25) is 0 Å². The van der Waals surface area contributed by atoms with Crippen molar-refractivity contribution in [3.8, 4) is 0 Å². The van der Waals surface area contributed by atoms with E-state index in [1.54, 1.807) is 0 Å². The van der Waals surface area contributed by atoms with Crippen molar-refractivity contribution < 1.29 is 0 Å². The third-order valence-corrected chi connectivity index (χ3v) is 3.00. The van der Waals surface area contributed by atoms with Gasteiger partial charge in [-0.1, -0.05) is 27.7 Å². The van der Waals surface area contributed by atoms with Gasteiger partial charge >= 0.3 is 0 Å². The Balaban J connectivity index is 3.20. The summed E-state index contributed by atoms with van der Waals surface area (Å²) in [7, 11) is 2.11. The minimum absolute atomic E-state index is 0.337. The number of aromatic nitrogens is 2. The molecule has 0 unspecified atom stereocenters. The summed E-state index contributed by atoms with van der Waals surface area (Å²) in [5.74, 6) is 3.87. The normalized spacial score (nSPS) is 11.2. The lowest BCUT2D eigenvalue weighted by Gasteiger charge is -2.24. The van der Waals surface area contributed by atoms with Gasteiger partial charge in [0.15, 0.2) is 0 Å². The number of nitrogens with zero attached hydrogens (tertiary/aromatic N) is 3. The van der Waals surface area contributed by atoms with Gasteiger partial charge in [-0.15, -0.1) is 0 Å². The summed E-state index contributed by atoms with van der Waals surface area (Å²) in [5.41, 5.74) is 1.13. The van der Waals surface area contributed by atoms with Crippen LogP contribution < -0.4 is 10.2 Å². The highest BCUT2D eigenvalue weighted by molar-refractivity contribution is 5.58. The third-order valence-electron chi connectivity index (χ3n) is 3.00. The van der Waals surface area contributed by atoms with Gasteiger partial charge in [0.25, 0.3) is 0 Å². The molecule has 0 aliphatic heterocycles. The molecule has 0 radical (unpaired) electrons. The molecule has 0 aliphatic carbocycles. The smallest absolute Gasteiger partial charge is 0.137 e. The highest BCUT2D eigenvalue weighted by Crippen LogP contribution is 2.25. The molecule has 4 nitrogen and oxygen atoms in total. The quantitative estimate of drug-likeness (QED) is 0.854. The van der Waals surface area contributed by atoms with Gasteiger partial charge in [0, 0.05) is 31.6 Å². The molecule has 0 saturated carbocycles. The van der Waals surface area contributed by atoms with Crippen molar-refractivity contribution >= 4 is 11.6 Å². The maximum Gasteiger partial charge on any atom is 0.137 e. The highest BCUT2D eigenvalue weighted by Gasteiger charge is 2.16. The molecular weight excluding hydrogens is 236 g/mol. The Morgan fingerprint density at radius 2 is 1.79 bits per heavy atom. The van der Waals surface area contributed by atoms with Crippen molar-refractivity contribution in [1.82, 2.24) is 9.97 Å². The molecule has 19 heavy (non-hydrogen) atoms. The largest absolute Gasteiger partial charge is 0.370 e. The van der Waals surface area contributed by atoms with E-state index in [2.05, 4.69) is 63.8 Å². The second-order valence-electron chi connectivity index (χ2n) is 5.84. The van der Waals surface area contributed by atoms with Gasteiger partial charge in [0.05, 0.1) is 0 Å². The summed E-state index contributed by atoms with van der Waals surface area (Å²) < 4.78 is 0. The van der Waals surface area contributed by atoms with Crippen molar-refractivity contribution in [3.05, 3.63) is 11.4 Å². The van der Waals surface area contributed by atoms with Crippen LogP contribution in [0.5, 0.6) is 0 Å². The SMILES string of the molecule is CCNc1nc(C(C)C)nc(N(C)CC(C)C)c1C. The van der Waals surface area contributed by atoms with Crippen molar-refractivity contribution in [2.45, 2.75) is 47.5 Å². The molecule has 0 fully saturated rings. The lowest BCUT2D eigenvalue weighted by Crippen LogP contribution is -2.25. The minimum atomic E-state index is 0.337. The zero-order valence-electron chi connectivity index (χ0n) is 13.4. The Bertz CT molecular complexity index is 413. The first-order valence-corrected chi connectivity index (χ1v) is 7.20. The topological polar surface area (TPSA) is 41.1 Å². The first-order chi connectivity index (χ1) is 8.86. The average molecular weight is 264 g/mol. The Hall–Kier alpha value is -1.32. The van der Waals surface area contributed by atoms with Crippen LogP contribution in [0.3, 0.4) is 0 Å². The molecule has 1 aromatic rings. The molecule has 108 valence electrons. The molecule has 1 N–H and O–H groups in total. The monoisotopic (exact) mass is 264 g/mol. The van der Waals surface area contributed by atoms with Crippen molar-refractivity contribution in [2.24, 2.45) is 5.92 Å². The van der Waals surface area contributed by atoms with Crippen LogP contribution >= 0.6 is 0 Å². The molecule has 0 aliphatic rings. The van der Waals surface area contributed by atoms with Crippen LogP contribution in [0.15, 0.2) is 0 Å². The maximum atomic E-state index is 4.74. The van der Waals surface area contributed by atoms with E-state index in [4.69, 9.17) is 4.98 Å². The van der Waals surface area contributed by atoms with Crippen molar-refractivity contribution in [1.29, 1.82) is 0 Å². The van der Waals surface area contributed by atoms with Gasteiger partial charge < -0.3 is 10.2 Å². The second-order valence-corrected chi connectivity index (χ2v) is 5.84. The second kappa shape index (κ2) is 6.73. The van der Waals surface area contributed by atoms with Crippen LogP contribution in [0, 0.1) is 12.8 Å². The number of hydrogen-bond donors (Lipinski definition) is 1. The fraction of sp³-hybridized carbons (Fsp3) is 0.733. The van der Waals surface area contributed by atoms with Crippen LogP contribution in [0.1, 0.15) is 51.9 Å². The summed E-state index contributed by atoms with van der Waals surface area (Å²) in [6.45, 7) is 14.8. The minimum Gasteiger partial charge on any atom is -0.370 e. The molecule has 1 heterocycles. The van der Waals surface area contributed by atoms with Crippen LogP contribution in [0.2, 0.25) is 0 Å². The molecule has 0 saturated heterocycles. The summed E-state index contributed by atoms with van der Waals surface area (Å²) >= 11 is 0. The van der Waals surface area contributed by atoms with Crippen molar-refractivity contribution in [2.75, 3.05) is 30.4 Å². The number of anilines is 2. The highest BCUT2D eigenvalue weighted by atomic mass is 15.2. The Morgan fingerprint density at radius 3 is 2.26 bits per heavy atom. The van der Waals surface area contributed by atoms with E-state index in [-0.39, 0.29) is 0 Å². The first-order valence-electron chi connectivity index (χ1n) is 7.20. The van der Waals surface area contributed by atoms with Gasteiger partial charge in [-0.25, -0.2) is 9.97 Å². The molecule has 4 heteroatoms. The molecule has 0 amide bonds. The van der Waals surface area contributed by atoms with Gasteiger partial charge in [-0.2, -0.15) is 0 Å². The molecule has 1 aromatic heterocycles. The summed E-state index contributed by atoms with van der Waals surface area (Å²) in [4.78, 5) is 11.6. The molecule has 0 bridgehead atoms. The van der Waals surface area contributed by atoms with Crippen LogP contribution in [0.4, 0.5) is 11.6 Å². The average Bonchev–Trinajstić information content (AvgIpc) is 2.30. The standard InChI is InChI=1S/C15H28N4/c1-8-16-14-12(6)15(19(7)9-10(2)3)18-13(17-14)11(4)5/h10-11H,8-9H2,1-7H3,(H,16,17,18). The van der Waals surface area contributed by atoms with Crippen LogP contribution in [-0.4, -0.2) is 30.1 Å². The van der Waals surface area contributed by atoms with E-state index in [1.807, 2.05) is 0 Å². The molecule has 1 rings (SSSR count). The number of rotatable bonds is 6. The summed E-state index contributed by atoms with van der Waals surface area (Å²) in [5, 5.41) is 3.34. The number of hydrogen-bond acceptors (Lipinski definition) is 4. The first kappa shape index (κ1) is 15.7. The fourth-order valence-corrected chi connectivity index (χ4v) is 2.13. The fourth-order valence-electron chi connectivity index (χ4n) is 2.13. The Labute approximate surface area is 117 Å². The van der Waals surface area contributed by atoms with Gasteiger partial charge in [0.1, 0.15) is 17.5 Å². The Morgan fingerprint density at radius 1 is 1.16 bits per heavy atom. The maximum absolute atomic E-state index is 4.74. The molecule has 0 aromatic carbocycles. The third kappa shape index (κ3) is 4.08. The zero-order valence-corrected chi connectivity index (χ0v) is 13.4. The van der Waals surface area contributed by atoms with Gasteiger partial charge in [0.2, 0.25) is 0 Å². The van der Waals surface area contributed by atoms with E-state index in [1.165, 1.54) is 0 Å². The number of nitrogens with one attached hydrogen (secondary N) is 1. The summed E-state index contributed by atoms with van der Waals surface area (Å²) in [6.07, 6.45) is 0. The van der Waals surface area contributed by atoms with Gasteiger partial charge in [-0.05, 0) is 19.8 Å². The van der Waals surface area contributed by atoms with E-state index in [9.17, 15) is 0 Å². The molecule has 0 spiro atoms. The Kier molecular flexibility index (Phi) is 5.58. The summed E-state index contributed by atoms with van der Waals surface area (Å²) in [6, 6.07) is 0. The predicted molar refractivity (Wildman–Crippen MR) is 83.1 cm³/mol. The lowest BCUT2D eigenvalue weighted by molar-refractivity contribution is 0.630. The van der Waals surface area contributed by atoms with E-state index < -0.39 is 0 Å². The van der Waals surface area contributed by atoms with Crippen LogP contribution in [-0.2, 0) is 0 Å². The van der Waals surface area contributed by atoms with E-state index in [0.29, 0.717) is 11.8 Å². The molecular formula is C15H28N4. The van der Waals surface area contributed by atoms with E-state index >= 15 is 0 Å². The predicted octanol–water partition coefficient (Wildman–Crippen LogP) is 3.43.